The summed E-state index contributed by atoms with van der Waals surface area (Å²) >= 11 is 0. The minimum atomic E-state index is -0.511. The van der Waals surface area contributed by atoms with E-state index in [1.165, 1.54) is 12.8 Å². The van der Waals surface area contributed by atoms with E-state index >= 15 is 0 Å². The molecule has 0 aliphatic heterocycles. The monoisotopic (exact) mass is 251 g/mol. The van der Waals surface area contributed by atoms with E-state index in [1.54, 1.807) is 14.2 Å². The first kappa shape index (κ1) is 13.2. The highest BCUT2D eigenvalue weighted by atomic mass is 16.5. The molecule has 1 fully saturated rings. The van der Waals surface area contributed by atoms with E-state index in [0.29, 0.717) is 18.0 Å². The minimum Gasteiger partial charge on any atom is -0.493 e. The standard InChI is InChI=1S/C14H21NO3/c1-17-13-6-5-11(7-14(13)18-2)12(16)9-15-8-10-3-4-10/h5-7,10,12,15-16H,3-4,8-9H2,1-2H3. The van der Waals surface area contributed by atoms with Crippen LogP contribution in [0.5, 0.6) is 11.5 Å². The van der Waals surface area contributed by atoms with Crippen LogP contribution in [0.15, 0.2) is 18.2 Å². The quantitative estimate of drug-likeness (QED) is 0.775. The number of aliphatic hydroxyl groups excluding tert-OH is 1. The van der Waals surface area contributed by atoms with E-state index in [1.807, 2.05) is 18.2 Å². The van der Waals surface area contributed by atoms with Gasteiger partial charge in [-0.2, -0.15) is 0 Å². The summed E-state index contributed by atoms with van der Waals surface area (Å²) in [4.78, 5) is 0. The molecule has 0 amide bonds. The summed E-state index contributed by atoms with van der Waals surface area (Å²) in [7, 11) is 3.20. The van der Waals surface area contributed by atoms with Crippen LogP contribution in [0.1, 0.15) is 24.5 Å². The fourth-order valence-electron chi connectivity index (χ4n) is 1.92. The average Bonchev–Trinajstić information content (AvgIpc) is 3.21. The highest BCUT2D eigenvalue weighted by molar-refractivity contribution is 5.43. The van der Waals surface area contributed by atoms with E-state index in [4.69, 9.17) is 9.47 Å². The molecule has 18 heavy (non-hydrogen) atoms. The first-order valence-corrected chi connectivity index (χ1v) is 6.35. The zero-order valence-corrected chi connectivity index (χ0v) is 11.0. The molecule has 1 aromatic rings. The van der Waals surface area contributed by atoms with Gasteiger partial charge in [0.15, 0.2) is 11.5 Å². The molecule has 2 N–H and O–H groups in total. The van der Waals surface area contributed by atoms with Gasteiger partial charge in [-0.1, -0.05) is 6.07 Å². The van der Waals surface area contributed by atoms with Crippen molar-refractivity contribution in [2.75, 3.05) is 27.3 Å². The van der Waals surface area contributed by atoms with Crippen molar-refractivity contribution in [1.29, 1.82) is 0 Å². The summed E-state index contributed by atoms with van der Waals surface area (Å²) in [5, 5.41) is 13.4. The lowest BCUT2D eigenvalue weighted by Crippen LogP contribution is -2.23. The Bertz CT molecular complexity index is 391. The van der Waals surface area contributed by atoms with Crippen LogP contribution < -0.4 is 14.8 Å². The highest BCUT2D eigenvalue weighted by Crippen LogP contribution is 2.30. The molecule has 4 heteroatoms. The topological polar surface area (TPSA) is 50.7 Å². The third-order valence-electron chi connectivity index (χ3n) is 3.26. The molecule has 100 valence electrons. The molecule has 0 saturated heterocycles. The van der Waals surface area contributed by atoms with Crippen LogP contribution in [0.25, 0.3) is 0 Å². The largest absolute Gasteiger partial charge is 0.493 e. The Kier molecular flexibility index (Phi) is 4.44. The smallest absolute Gasteiger partial charge is 0.161 e. The van der Waals surface area contributed by atoms with E-state index in [0.717, 1.165) is 18.0 Å². The first-order valence-electron chi connectivity index (χ1n) is 6.35. The Labute approximate surface area is 108 Å². The van der Waals surface area contributed by atoms with Crippen LogP contribution in [0.4, 0.5) is 0 Å². The number of rotatable bonds is 7. The van der Waals surface area contributed by atoms with Crippen molar-refractivity contribution in [2.24, 2.45) is 5.92 Å². The molecule has 0 bridgehead atoms. The molecule has 0 heterocycles. The summed E-state index contributed by atoms with van der Waals surface area (Å²) in [6, 6.07) is 5.51. The lowest BCUT2D eigenvalue weighted by atomic mass is 10.1. The van der Waals surface area contributed by atoms with Crippen LogP contribution >= 0.6 is 0 Å². The number of ether oxygens (including phenoxy) is 2. The summed E-state index contributed by atoms with van der Waals surface area (Å²) < 4.78 is 10.4. The Balaban J connectivity index is 1.93. The fourth-order valence-corrected chi connectivity index (χ4v) is 1.92. The lowest BCUT2D eigenvalue weighted by molar-refractivity contribution is 0.174. The van der Waals surface area contributed by atoms with Crippen molar-refractivity contribution in [3.05, 3.63) is 23.8 Å². The Hall–Kier alpha value is -1.26. The van der Waals surface area contributed by atoms with Crippen molar-refractivity contribution in [3.63, 3.8) is 0 Å². The third kappa shape index (κ3) is 3.37. The number of hydrogen-bond donors (Lipinski definition) is 2. The Morgan fingerprint density at radius 3 is 2.61 bits per heavy atom. The molecule has 1 saturated carbocycles. The summed E-state index contributed by atoms with van der Waals surface area (Å²) in [5.74, 6) is 2.15. The third-order valence-corrected chi connectivity index (χ3v) is 3.26. The van der Waals surface area contributed by atoms with Crippen LogP contribution in [0, 0.1) is 5.92 Å². The van der Waals surface area contributed by atoms with Gasteiger partial charge in [0.2, 0.25) is 0 Å². The van der Waals surface area contributed by atoms with Gasteiger partial charge in [-0.15, -0.1) is 0 Å². The molecule has 0 aromatic heterocycles. The normalized spacial score (nSPS) is 16.4. The molecule has 0 spiro atoms. The van der Waals surface area contributed by atoms with Crippen molar-refractivity contribution < 1.29 is 14.6 Å². The molecule has 2 rings (SSSR count). The number of methoxy groups -OCH3 is 2. The van der Waals surface area contributed by atoms with E-state index in [-0.39, 0.29) is 0 Å². The highest BCUT2D eigenvalue weighted by Gasteiger charge is 2.21. The molecule has 1 aliphatic rings. The molecule has 1 atom stereocenters. The van der Waals surface area contributed by atoms with Crippen molar-refractivity contribution >= 4 is 0 Å². The predicted molar refractivity (Wildman–Crippen MR) is 70.1 cm³/mol. The second kappa shape index (κ2) is 6.07. The van der Waals surface area contributed by atoms with Crippen LogP contribution in [-0.2, 0) is 0 Å². The molecule has 1 aromatic carbocycles. The number of aliphatic hydroxyl groups is 1. The predicted octanol–water partition coefficient (Wildman–Crippen LogP) is 1.74. The molecular formula is C14H21NO3. The summed E-state index contributed by atoms with van der Waals surface area (Å²) in [5.41, 5.74) is 0.843. The van der Waals surface area contributed by atoms with E-state index < -0.39 is 6.10 Å². The van der Waals surface area contributed by atoms with Gasteiger partial charge in [0, 0.05) is 6.54 Å². The number of benzene rings is 1. The Morgan fingerprint density at radius 2 is 2.00 bits per heavy atom. The van der Waals surface area contributed by atoms with Gasteiger partial charge in [0.25, 0.3) is 0 Å². The Morgan fingerprint density at radius 1 is 1.28 bits per heavy atom. The van der Waals surface area contributed by atoms with Crippen molar-refractivity contribution in [3.8, 4) is 11.5 Å². The zero-order valence-electron chi connectivity index (χ0n) is 11.0. The average molecular weight is 251 g/mol. The first-order chi connectivity index (χ1) is 8.74. The van der Waals surface area contributed by atoms with Gasteiger partial charge >= 0.3 is 0 Å². The SMILES string of the molecule is COc1ccc(C(O)CNCC2CC2)cc1OC. The van der Waals surface area contributed by atoms with Gasteiger partial charge in [-0.05, 0) is 43.0 Å². The zero-order chi connectivity index (χ0) is 13.0. The van der Waals surface area contributed by atoms with Gasteiger partial charge in [0.05, 0.1) is 20.3 Å². The molecular weight excluding hydrogens is 230 g/mol. The lowest BCUT2D eigenvalue weighted by Gasteiger charge is -2.14. The van der Waals surface area contributed by atoms with Gasteiger partial charge in [-0.3, -0.25) is 0 Å². The van der Waals surface area contributed by atoms with Gasteiger partial charge in [-0.25, -0.2) is 0 Å². The van der Waals surface area contributed by atoms with Crippen molar-refractivity contribution in [2.45, 2.75) is 18.9 Å². The number of nitrogens with one attached hydrogen (secondary N) is 1. The second-order valence-corrected chi connectivity index (χ2v) is 4.73. The fraction of sp³-hybridized carbons (Fsp3) is 0.571. The maximum absolute atomic E-state index is 10.1. The van der Waals surface area contributed by atoms with Crippen molar-refractivity contribution in [1.82, 2.24) is 5.32 Å². The summed E-state index contributed by atoms with van der Waals surface area (Å²) in [6.45, 7) is 1.58. The van der Waals surface area contributed by atoms with Crippen LogP contribution in [0.2, 0.25) is 0 Å². The van der Waals surface area contributed by atoms with E-state index in [9.17, 15) is 5.11 Å². The van der Waals surface area contributed by atoms with E-state index in [2.05, 4.69) is 5.32 Å². The molecule has 1 aliphatic carbocycles. The molecule has 4 nitrogen and oxygen atoms in total. The molecule has 1 unspecified atom stereocenters. The summed E-state index contributed by atoms with van der Waals surface area (Å²) in [6.07, 6.45) is 2.13. The minimum absolute atomic E-state index is 0.511. The molecule has 0 radical (unpaired) electrons. The van der Waals surface area contributed by atoms with Gasteiger partial charge in [0.1, 0.15) is 0 Å². The van der Waals surface area contributed by atoms with Crippen LogP contribution in [0.3, 0.4) is 0 Å². The number of hydrogen-bond acceptors (Lipinski definition) is 4. The van der Waals surface area contributed by atoms with Crippen LogP contribution in [-0.4, -0.2) is 32.4 Å². The maximum Gasteiger partial charge on any atom is 0.161 e. The van der Waals surface area contributed by atoms with Gasteiger partial charge < -0.3 is 19.9 Å². The maximum atomic E-state index is 10.1. The second-order valence-electron chi connectivity index (χ2n) is 4.73.